The summed E-state index contributed by atoms with van der Waals surface area (Å²) in [6.45, 7) is 9.45. The quantitative estimate of drug-likeness (QED) is 0.0434. The SMILES string of the molecule is CCCCCCCCCCCCCCCCCCCCOC(C)c1ccc(-c2ccc(C(=O)Oc3ccc(OC(C)CCC)cc3)cc2)cc1. The number of ether oxygens (including phenoxy) is 3. The van der Waals surface area contributed by atoms with Gasteiger partial charge < -0.3 is 14.2 Å². The van der Waals surface area contributed by atoms with Gasteiger partial charge in [-0.05, 0) is 79.8 Å². The first-order chi connectivity index (χ1) is 24.5. The Morgan fingerprint density at radius 1 is 0.520 bits per heavy atom. The van der Waals surface area contributed by atoms with Crippen molar-refractivity contribution in [1.29, 1.82) is 0 Å². The second-order valence-electron chi connectivity index (χ2n) is 14.3. The Labute approximate surface area is 305 Å². The maximum atomic E-state index is 12.7. The summed E-state index contributed by atoms with van der Waals surface area (Å²) < 4.78 is 17.6. The van der Waals surface area contributed by atoms with Gasteiger partial charge in [0.25, 0.3) is 0 Å². The van der Waals surface area contributed by atoms with Gasteiger partial charge in [-0.25, -0.2) is 4.79 Å². The molecule has 0 aliphatic heterocycles. The van der Waals surface area contributed by atoms with Crippen molar-refractivity contribution < 1.29 is 19.0 Å². The van der Waals surface area contributed by atoms with Crippen LogP contribution in [0.3, 0.4) is 0 Å². The predicted octanol–water partition coefficient (Wildman–Crippen LogP) is 14.3. The maximum absolute atomic E-state index is 12.7. The van der Waals surface area contributed by atoms with E-state index in [1.165, 1.54) is 115 Å². The van der Waals surface area contributed by atoms with Gasteiger partial charge in [0.2, 0.25) is 0 Å². The van der Waals surface area contributed by atoms with Crippen molar-refractivity contribution in [2.45, 2.75) is 168 Å². The lowest BCUT2D eigenvalue weighted by Gasteiger charge is -2.14. The molecule has 0 aromatic heterocycles. The van der Waals surface area contributed by atoms with Gasteiger partial charge in [-0.1, -0.05) is 166 Å². The summed E-state index contributed by atoms with van der Waals surface area (Å²) >= 11 is 0. The number of carbonyl (C=O) groups excluding carboxylic acids is 1. The molecule has 0 saturated heterocycles. The normalized spacial score (nSPS) is 12.5. The first-order valence-corrected chi connectivity index (χ1v) is 20.3. The van der Waals surface area contributed by atoms with E-state index in [0.29, 0.717) is 11.3 Å². The highest BCUT2D eigenvalue weighted by Gasteiger charge is 2.11. The minimum atomic E-state index is -0.374. The third-order valence-electron chi connectivity index (χ3n) is 9.77. The first-order valence-electron chi connectivity index (χ1n) is 20.3. The number of carbonyl (C=O) groups is 1. The molecular formula is C46H68O4. The molecule has 0 heterocycles. The smallest absolute Gasteiger partial charge is 0.343 e. The van der Waals surface area contributed by atoms with Crippen LogP contribution in [0, 0.1) is 0 Å². The highest BCUT2D eigenvalue weighted by molar-refractivity contribution is 5.91. The number of hydrogen-bond donors (Lipinski definition) is 0. The van der Waals surface area contributed by atoms with E-state index in [1.54, 1.807) is 12.1 Å². The summed E-state index contributed by atoms with van der Waals surface area (Å²) in [5, 5.41) is 0. The fourth-order valence-corrected chi connectivity index (χ4v) is 6.56. The lowest BCUT2D eigenvalue weighted by atomic mass is 10.0. The van der Waals surface area contributed by atoms with Crippen LogP contribution in [0.25, 0.3) is 11.1 Å². The van der Waals surface area contributed by atoms with Gasteiger partial charge in [0.15, 0.2) is 0 Å². The van der Waals surface area contributed by atoms with E-state index in [4.69, 9.17) is 14.2 Å². The van der Waals surface area contributed by atoms with Crippen LogP contribution in [0.2, 0.25) is 0 Å². The molecule has 0 aliphatic carbocycles. The molecule has 0 fully saturated rings. The molecule has 3 rings (SSSR count). The Kier molecular flexibility index (Phi) is 21.3. The molecule has 0 spiro atoms. The molecule has 0 radical (unpaired) electrons. The van der Waals surface area contributed by atoms with Gasteiger partial charge in [0, 0.05) is 6.61 Å². The first kappa shape index (κ1) is 41.3. The fourth-order valence-electron chi connectivity index (χ4n) is 6.56. The second kappa shape index (κ2) is 25.8. The highest BCUT2D eigenvalue weighted by atomic mass is 16.5. The molecule has 4 nitrogen and oxygen atoms in total. The monoisotopic (exact) mass is 685 g/mol. The Morgan fingerprint density at radius 2 is 0.960 bits per heavy atom. The fraction of sp³-hybridized carbons (Fsp3) is 0.587. The van der Waals surface area contributed by atoms with E-state index < -0.39 is 0 Å². The van der Waals surface area contributed by atoms with Crippen molar-refractivity contribution in [3.8, 4) is 22.6 Å². The van der Waals surface area contributed by atoms with E-state index in [0.717, 1.165) is 42.7 Å². The molecule has 0 saturated carbocycles. The van der Waals surface area contributed by atoms with Crippen molar-refractivity contribution in [2.75, 3.05) is 6.61 Å². The molecule has 0 N–H and O–H groups in total. The van der Waals surface area contributed by atoms with Crippen LogP contribution < -0.4 is 9.47 Å². The minimum Gasteiger partial charge on any atom is -0.491 e. The molecule has 4 heteroatoms. The second-order valence-corrected chi connectivity index (χ2v) is 14.3. The predicted molar refractivity (Wildman–Crippen MR) is 211 cm³/mol. The number of benzene rings is 3. The van der Waals surface area contributed by atoms with Gasteiger partial charge in [-0.3, -0.25) is 0 Å². The largest absolute Gasteiger partial charge is 0.491 e. The maximum Gasteiger partial charge on any atom is 0.343 e. The van der Waals surface area contributed by atoms with Gasteiger partial charge in [0.05, 0.1) is 17.8 Å². The zero-order chi connectivity index (χ0) is 35.7. The zero-order valence-electron chi connectivity index (χ0n) is 32.1. The van der Waals surface area contributed by atoms with E-state index in [9.17, 15) is 4.79 Å². The number of esters is 1. The molecule has 3 aromatic rings. The molecule has 0 bridgehead atoms. The number of rotatable bonds is 28. The van der Waals surface area contributed by atoms with Gasteiger partial charge in [-0.2, -0.15) is 0 Å². The third-order valence-corrected chi connectivity index (χ3v) is 9.77. The standard InChI is InChI=1S/C46H68O4/c1-5-7-8-9-10-11-12-13-14-15-16-17-18-19-20-21-22-23-37-48-39(4)40-25-27-41(28-26-40)42-29-31-43(32-30-42)46(47)50-45-35-33-44(34-36-45)49-38(3)24-6-2/h25-36,38-39H,5-24,37H2,1-4H3. The van der Waals surface area contributed by atoms with Crippen LogP contribution in [0.4, 0.5) is 0 Å². The lowest BCUT2D eigenvalue weighted by Crippen LogP contribution is -2.11. The summed E-state index contributed by atoms with van der Waals surface area (Å²) in [7, 11) is 0. The van der Waals surface area contributed by atoms with E-state index in [2.05, 4.69) is 52.0 Å². The highest BCUT2D eigenvalue weighted by Crippen LogP contribution is 2.25. The topological polar surface area (TPSA) is 44.8 Å². The summed E-state index contributed by atoms with van der Waals surface area (Å²) in [5.41, 5.74) is 3.87. The molecule has 2 atom stereocenters. The average molecular weight is 685 g/mol. The van der Waals surface area contributed by atoms with Crippen molar-refractivity contribution in [3.05, 3.63) is 83.9 Å². The van der Waals surface area contributed by atoms with Crippen molar-refractivity contribution >= 4 is 5.97 Å². The van der Waals surface area contributed by atoms with E-state index in [-0.39, 0.29) is 18.2 Å². The number of hydrogen-bond acceptors (Lipinski definition) is 4. The van der Waals surface area contributed by atoms with Crippen LogP contribution >= 0.6 is 0 Å². The Morgan fingerprint density at radius 3 is 1.44 bits per heavy atom. The van der Waals surface area contributed by atoms with Crippen LogP contribution in [-0.2, 0) is 4.74 Å². The molecule has 0 amide bonds. The zero-order valence-corrected chi connectivity index (χ0v) is 32.1. The van der Waals surface area contributed by atoms with Crippen LogP contribution in [-0.4, -0.2) is 18.7 Å². The molecule has 276 valence electrons. The van der Waals surface area contributed by atoms with Crippen LogP contribution in [0.15, 0.2) is 72.8 Å². The molecule has 3 aromatic carbocycles. The Bertz CT molecular complexity index is 1270. The van der Waals surface area contributed by atoms with Crippen LogP contribution in [0.1, 0.15) is 178 Å². The summed E-state index contributed by atoms with van der Waals surface area (Å²) in [4.78, 5) is 12.7. The van der Waals surface area contributed by atoms with Gasteiger partial charge in [0.1, 0.15) is 11.5 Å². The average Bonchev–Trinajstić information content (AvgIpc) is 3.13. The third kappa shape index (κ3) is 17.2. The molecule has 2 unspecified atom stereocenters. The summed E-state index contributed by atoms with van der Waals surface area (Å²) in [6, 6.07) is 23.4. The molecule has 50 heavy (non-hydrogen) atoms. The Hall–Kier alpha value is -3.11. The van der Waals surface area contributed by atoms with Crippen molar-refractivity contribution in [3.63, 3.8) is 0 Å². The van der Waals surface area contributed by atoms with Crippen molar-refractivity contribution in [1.82, 2.24) is 0 Å². The van der Waals surface area contributed by atoms with E-state index >= 15 is 0 Å². The van der Waals surface area contributed by atoms with E-state index in [1.807, 2.05) is 36.4 Å². The van der Waals surface area contributed by atoms with Crippen molar-refractivity contribution in [2.24, 2.45) is 0 Å². The summed E-state index contributed by atoms with van der Waals surface area (Å²) in [5.74, 6) is 0.908. The Balaban J connectivity index is 1.22. The summed E-state index contributed by atoms with van der Waals surface area (Å²) in [6.07, 6.45) is 27.4. The minimum absolute atomic E-state index is 0.0763. The lowest BCUT2D eigenvalue weighted by molar-refractivity contribution is 0.0627. The number of unbranched alkanes of at least 4 members (excludes halogenated alkanes) is 17. The van der Waals surface area contributed by atoms with Gasteiger partial charge in [-0.15, -0.1) is 0 Å². The molecule has 0 aliphatic rings. The van der Waals surface area contributed by atoms with Crippen LogP contribution in [0.5, 0.6) is 11.5 Å². The molecular weight excluding hydrogens is 617 g/mol. The van der Waals surface area contributed by atoms with Gasteiger partial charge >= 0.3 is 5.97 Å².